The number of halogens is 3. The quantitative estimate of drug-likeness (QED) is 0.887. The smallest absolute Gasteiger partial charge is 0.131 e. The fourth-order valence-electron chi connectivity index (χ4n) is 2.25. The molecule has 0 amide bonds. The largest absolute Gasteiger partial charge is 0.496 e. The summed E-state index contributed by atoms with van der Waals surface area (Å²) in [6.07, 6.45) is 0. The van der Waals surface area contributed by atoms with Crippen molar-refractivity contribution < 1.29 is 13.5 Å². The lowest BCUT2D eigenvalue weighted by Crippen LogP contribution is -2.23. The van der Waals surface area contributed by atoms with Crippen LogP contribution in [-0.4, -0.2) is 13.7 Å². The van der Waals surface area contributed by atoms with E-state index in [1.807, 2.05) is 6.92 Å². The molecular formula is C16H16ClF2NO. The first-order chi connectivity index (χ1) is 10.1. The zero-order valence-corrected chi connectivity index (χ0v) is 12.5. The van der Waals surface area contributed by atoms with Gasteiger partial charge < -0.3 is 10.1 Å². The van der Waals surface area contributed by atoms with Gasteiger partial charge in [0.1, 0.15) is 17.4 Å². The second-order valence-electron chi connectivity index (χ2n) is 4.54. The van der Waals surface area contributed by atoms with Gasteiger partial charge in [-0.05, 0) is 24.7 Å². The Morgan fingerprint density at radius 2 is 1.86 bits per heavy atom. The maximum atomic E-state index is 14.1. The van der Waals surface area contributed by atoms with Crippen molar-refractivity contribution in [3.05, 3.63) is 64.2 Å². The molecule has 2 nitrogen and oxygen atoms in total. The van der Waals surface area contributed by atoms with Gasteiger partial charge in [0, 0.05) is 22.2 Å². The van der Waals surface area contributed by atoms with Crippen LogP contribution in [-0.2, 0) is 0 Å². The van der Waals surface area contributed by atoms with E-state index in [9.17, 15) is 8.78 Å². The normalized spacial score (nSPS) is 12.2. The van der Waals surface area contributed by atoms with Crippen molar-refractivity contribution in [2.24, 2.45) is 0 Å². The highest BCUT2D eigenvalue weighted by Crippen LogP contribution is 2.33. The van der Waals surface area contributed by atoms with E-state index in [1.165, 1.54) is 19.2 Å². The van der Waals surface area contributed by atoms with Crippen LogP contribution in [0.5, 0.6) is 5.75 Å². The summed E-state index contributed by atoms with van der Waals surface area (Å²) in [7, 11) is 1.53. The molecule has 0 aromatic heterocycles. The van der Waals surface area contributed by atoms with Gasteiger partial charge in [-0.1, -0.05) is 30.7 Å². The lowest BCUT2D eigenvalue weighted by molar-refractivity contribution is 0.403. The number of benzene rings is 2. The molecule has 2 aromatic rings. The molecule has 112 valence electrons. The van der Waals surface area contributed by atoms with Gasteiger partial charge in [-0.2, -0.15) is 0 Å². The van der Waals surface area contributed by atoms with Gasteiger partial charge in [0.2, 0.25) is 0 Å². The van der Waals surface area contributed by atoms with Crippen molar-refractivity contribution in [3.8, 4) is 5.75 Å². The van der Waals surface area contributed by atoms with Gasteiger partial charge in [-0.3, -0.25) is 0 Å². The van der Waals surface area contributed by atoms with Crippen LogP contribution in [0.25, 0.3) is 0 Å². The molecule has 0 bridgehead atoms. The summed E-state index contributed by atoms with van der Waals surface area (Å²) in [6, 6.07) is 8.27. The van der Waals surface area contributed by atoms with E-state index in [2.05, 4.69) is 5.32 Å². The monoisotopic (exact) mass is 311 g/mol. The Hall–Kier alpha value is -1.65. The summed E-state index contributed by atoms with van der Waals surface area (Å²) in [5.41, 5.74) is 1.10. The van der Waals surface area contributed by atoms with Gasteiger partial charge in [0.25, 0.3) is 0 Å². The molecular weight excluding hydrogens is 296 g/mol. The van der Waals surface area contributed by atoms with Crippen molar-refractivity contribution in [1.82, 2.24) is 5.32 Å². The molecule has 1 N–H and O–H groups in total. The van der Waals surface area contributed by atoms with Crippen LogP contribution in [0.4, 0.5) is 8.78 Å². The predicted octanol–water partition coefficient (Wildman–Crippen LogP) is 4.33. The molecule has 1 atom stereocenters. The van der Waals surface area contributed by atoms with Crippen LogP contribution in [0, 0.1) is 11.6 Å². The highest BCUT2D eigenvalue weighted by molar-refractivity contribution is 6.30. The van der Waals surface area contributed by atoms with Crippen molar-refractivity contribution in [2.45, 2.75) is 13.0 Å². The second kappa shape index (κ2) is 6.87. The third-order valence-corrected chi connectivity index (χ3v) is 3.42. The van der Waals surface area contributed by atoms with Crippen LogP contribution in [0.15, 0.2) is 36.4 Å². The fourth-order valence-corrected chi connectivity index (χ4v) is 2.41. The SMILES string of the molecule is CCNC(c1ccc(F)cc1F)c1ccc(Cl)cc1OC. The maximum absolute atomic E-state index is 14.1. The van der Waals surface area contributed by atoms with E-state index in [0.717, 1.165) is 11.6 Å². The summed E-state index contributed by atoms with van der Waals surface area (Å²) in [5, 5.41) is 3.72. The predicted molar refractivity (Wildman–Crippen MR) is 79.9 cm³/mol. The topological polar surface area (TPSA) is 21.3 Å². The zero-order chi connectivity index (χ0) is 15.4. The molecule has 0 radical (unpaired) electrons. The van der Waals surface area contributed by atoms with E-state index in [4.69, 9.17) is 16.3 Å². The molecule has 0 fully saturated rings. The summed E-state index contributed by atoms with van der Waals surface area (Å²) in [4.78, 5) is 0. The van der Waals surface area contributed by atoms with E-state index in [-0.39, 0.29) is 0 Å². The third-order valence-electron chi connectivity index (χ3n) is 3.19. The minimum atomic E-state index is -0.602. The van der Waals surface area contributed by atoms with Gasteiger partial charge in [0.05, 0.1) is 13.2 Å². The zero-order valence-electron chi connectivity index (χ0n) is 11.8. The van der Waals surface area contributed by atoms with E-state index in [0.29, 0.717) is 22.9 Å². The third kappa shape index (κ3) is 3.52. The summed E-state index contributed by atoms with van der Waals surface area (Å²) in [5.74, 6) is -0.648. The highest BCUT2D eigenvalue weighted by Gasteiger charge is 2.21. The Kier molecular flexibility index (Phi) is 5.15. The minimum absolute atomic E-state index is 0.360. The summed E-state index contributed by atoms with van der Waals surface area (Å²) in [6.45, 7) is 2.53. The van der Waals surface area contributed by atoms with Crippen LogP contribution >= 0.6 is 11.6 Å². The minimum Gasteiger partial charge on any atom is -0.496 e. The summed E-state index contributed by atoms with van der Waals surface area (Å²) < 4.78 is 32.5. The number of hydrogen-bond acceptors (Lipinski definition) is 2. The van der Waals surface area contributed by atoms with Gasteiger partial charge in [0.15, 0.2) is 0 Å². The Balaban J connectivity index is 2.53. The van der Waals surface area contributed by atoms with E-state index >= 15 is 0 Å². The molecule has 5 heteroatoms. The molecule has 0 aliphatic carbocycles. The standard InChI is InChI=1S/C16H16ClF2NO/c1-3-20-16(12-7-5-11(18)9-14(12)19)13-6-4-10(17)8-15(13)21-2/h4-9,16,20H,3H2,1-2H3. The molecule has 0 spiro atoms. The molecule has 0 aliphatic heterocycles. The van der Waals surface area contributed by atoms with Crippen molar-refractivity contribution in [3.63, 3.8) is 0 Å². The number of rotatable bonds is 5. The average molecular weight is 312 g/mol. The van der Waals surface area contributed by atoms with Crippen molar-refractivity contribution >= 4 is 11.6 Å². The van der Waals surface area contributed by atoms with Crippen molar-refractivity contribution in [2.75, 3.05) is 13.7 Å². The van der Waals surface area contributed by atoms with Crippen molar-refractivity contribution in [1.29, 1.82) is 0 Å². The highest BCUT2D eigenvalue weighted by atomic mass is 35.5. The molecule has 2 aromatic carbocycles. The Morgan fingerprint density at radius 3 is 2.48 bits per heavy atom. The number of methoxy groups -OCH3 is 1. The number of nitrogens with one attached hydrogen (secondary N) is 1. The Bertz CT molecular complexity index is 634. The van der Waals surface area contributed by atoms with Gasteiger partial charge >= 0.3 is 0 Å². The van der Waals surface area contributed by atoms with Gasteiger partial charge in [-0.25, -0.2) is 8.78 Å². The molecule has 21 heavy (non-hydrogen) atoms. The first-order valence-corrected chi connectivity index (χ1v) is 6.96. The fraction of sp³-hybridized carbons (Fsp3) is 0.250. The number of hydrogen-bond donors (Lipinski definition) is 1. The first-order valence-electron chi connectivity index (χ1n) is 6.58. The molecule has 0 aliphatic rings. The Morgan fingerprint density at radius 1 is 1.14 bits per heavy atom. The van der Waals surface area contributed by atoms with Crippen LogP contribution in [0.1, 0.15) is 24.1 Å². The lowest BCUT2D eigenvalue weighted by Gasteiger charge is -2.22. The molecule has 0 saturated heterocycles. The van der Waals surface area contributed by atoms with Crippen LogP contribution in [0.3, 0.4) is 0 Å². The van der Waals surface area contributed by atoms with Gasteiger partial charge in [-0.15, -0.1) is 0 Å². The van der Waals surface area contributed by atoms with E-state index < -0.39 is 17.7 Å². The molecule has 1 unspecified atom stereocenters. The van der Waals surface area contributed by atoms with Crippen LogP contribution in [0.2, 0.25) is 5.02 Å². The molecule has 0 saturated carbocycles. The van der Waals surface area contributed by atoms with E-state index in [1.54, 1.807) is 18.2 Å². The lowest BCUT2D eigenvalue weighted by atomic mass is 9.97. The second-order valence-corrected chi connectivity index (χ2v) is 4.98. The Labute approximate surface area is 127 Å². The van der Waals surface area contributed by atoms with Crippen LogP contribution < -0.4 is 10.1 Å². The maximum Gasteiger partial charge on any atom is 0.131 e. The summed E-state index contributed by atoms with van der Waals surface area (Å²) >= 11 is 5.95. The molecule has 0 heterocycles. The molecule has 2 rings (SSSR count). The average Bonchev–Trinajstić information content (AvgIpc) is 2.45. The number of ether oxygens (including phenoxy) is 1. The first kappa shape index (κ1) is 15.7.